The van der Waals surface area contributed by atoms with Crippen molar-refractivity contribution in [3.63, 3.8) is 0 Å². The van der Waals surface area contributed by atoms with Gasteiger partial charge in [-0.2, -0.15) is 0 Å². The van der Waals surface area contributed by atoms with Crippen LogP contribution in [-0.2, 0) is 11.3 Å². The van der Waals surface area contributed by atoms with Crippen LogP contribution in [0.1, 0.15) is 25.5 Å². The van der Waals surface area contributed by atoms with Gasteiger partial charge in [-0.1, -0.05) is 18.2 Å². The minimum atomic E-state index is -0.499. The summed E-state index contributed by atoms with van der Waals surface area (Å²) < 4.78 is 6.21. The normalized spacial score (nSPS) is 14.2. The maximum Gasteiger partial charge on any atom is 0.259 e. The van der Waals surface area contributed by atoms with Crippen molar-refractivity contribution in [2.75, 3.05) is 0 Å². The van der Waals surface area contributed by atoms with Crippen LogP contribution in [0.4, 0.5) is 0 Å². The molecule has 1 aromatic carbocycles. The second kappa shape index (κ2) is 4.96. The molecule has 0 aliphatic heterocycles. The smallest absolute Gasteiger partial charge is 0.259 e. The van der Waals surface area contributed by atoms with Gasteiger partial charge in [0, 0.05) is 25.1 Å². The fourth-order valence-electron chi connectivity index (χ4n) is 2.22. The molecule has 0 N–H and O–H groups in total. The van der Waals surface area contributed by atoms with Crippen LogP contribution in [0.2, 0.25) is 0 Å². The third-order valence-corrected chi connectivity index (χ3v) is 3.41. The Bertz CT molecular complexity index is 620. The molecule has 0 bridgehead atoms. The first-order valence-corrected chi connectivity index (χ1v) is 6.57. The molecular weight excluding hydrogens is 258 g/mol. The molecule has 1 amide bonds. The van der Waals surface area contributed by atoms with Gasteiger partial charge in [-0.05, 0) is 17.5 Å². The standard InChI is InChI=1S/C14H15N3O3/c1-10(18)16(11-7-8-11)9-13-14(19)20-15-17(13)12-5-3-2-4-6-12/h2-6,11H,7-9H2,1H3. The lowest BCUT2D eigenvalue weighted by atomic mass is 10.3. The minimum Gasteiger partial charge on any atom is -0.539 e. The molecule has 2 aromatic rings. The Labute approximate surface area is 116 Å². The van der Waals surface area contributed by atoms with Crippen LogP contribution in [0.25, 0.3) is 5.69 Å². The second-order valence-electron chi connectivity index (χ2n) is 4.93. The van der Waals surface area contributed by atoms with Crippen molar-refractivity contribution in [1.29, 1.82) is 0 Å². The molecule has 1 heterocycles. The van der Waals surface area contributed by atoms with E-state index in [0.29, 0.717) is 5.69 Å². The summed E-state index contributed by atoms with van der Waals surface area (Å²) in [5.74, 6) is -0.534. The van der Waals surface area contributed by atoms with E-state index < -0.39 is 5.95 Å². The minimum absolute atomic E-state index is 0.0345. The van der Waals surface area contributed by atoms with Crippen LogP contribution in [0.15, 0.2) is 34.9 Å². The summed E-state index contributed by atoms with van der Waals surface area (Å²) in [5.41, 5.74) is 1.12. The van der Waals surface area contributed by atoms with Gasteiger partial charge in [0.25, 0.3) is 5.69 Å². The van der Waals surface area contributed by atoms with E-state index in [9.17, 15) is 9.90 Å². The Hall–Kier alpha value is -2.37. The molecule has 104 valence electrons. The monoisotopic (exact) mass is 273 g/mol. The van der Waals surface area contributed by atoms with Gasteiger partial charge in [0.15, 0.2) is 5.95 Å². The number of aromatic nitrogens is 2. The number of carbonyl (C=O) groups is 1. The van der Waals surface area contributed by atoms with Gasteiger partial charge in [-0.25, -0.2) is 0 Å². The maximum absolute atomic E-state index is 11.8. The van der Waals surface area contributed by atoms with Crippen molar-refractivity contribution in [1.82, 2.24) is 10.2 Å². The van der Waals surface area contributed by atoms with Gasteiger partial charge in [-0.3, -0.25) is 4.79 Å². The highest BCUT2D eigenvalue weighted by atomic mass is 16.6. The van der Waals surface area contributed by atoms with E-state index in [1.807, 2.05) is 30.3 Å². The van der Waals surface area contributed by atoms with Crippen LogP contribution in [-0.4, -0.2) is 22.1 Å². The number of amides is 1. The zero-order chi connectivity index (χ0) is 14.1. The number of para-hydroxylation sites is 1. The third-order valence-electron chi connectivity index (χ3n) is 3.41. The highest BCUT2D eigenvalue weighted by Crippen LogP contribution is 2.29. The van der Waals surface area contributed by atoms with Gasteiger partial charge in [-0.15, -0.1) is 0 Å². The fourth-order valence-corrected chi connectivity index (χ4v) is 2.22. The topological polar surface area (TPSA) is 73.3 Å². The van der Waals surface area contributed by atoms with Crippen molar-refractivity contribution in [3.8, 4) is 11.6 Å². The van der Waals surface area contributed by atoms with Gasteiger partial charge >= 0.3 is 0 Å². The summed E-state index contributed by atoms with van der Waals surface area (Å²) in [4.78, 5) is 13.4. The van der Waals surface area contributed by atoms with Gasteiger partial charge in [0.2, 0.25) is 11.6 Å². The van der Waals surface area contributed by atoms with E-state index in [1.165, 1.54) is 11.6 Å². The first-order chi connectivity index (χ1) is 9.66. The summed E-state index contributed by atoms with van der Waals surface area (Å²) in [5, 5.41) is 15.6. The molecule has 1 aromatic heterocycles. The molecular formula is C14H15N3O3. The summed E-state index contributed by atoms with van der Waals surface area (Å²) in [6.45, 7) is 1.75. The number of carbonyl (C=O) groups excluding carboxylic acids is 1. The molecule has 1 fully saturated rings. The SMILES string of the molecule is CC(=O)N(Cc1c([O-])on[n+]1-c1ccccc1)C1CC1. The molecule has 0 saturated heterocycles. The average Bonchev–Trinajstić information content (AvgIpc) is 3.21. The van der Waals surface area contributed by atoms with Crippen molar-refractivity contribution >= 4 is 5.91 Å². The number of rotatable bonds is 4. The molecule has 1 saturated carbocycles. The van der Waals surface area contributed by atoms with Crippen LogP contribution in [0, 0.1) is 0 Å². The molecule has 3 rings (SSSR count). The van der Waals surface area contributed by atoms with Crippen molar-refractivity contribution in [3.05, 3.63) is 36.0 Å². The van der Waals surface area contributed by atoms with E-state index in [2.05, 4.69) is 5.27 Å². The fraction of sp³-hybridized carbons (Fsp3) is 0.357. The first kappa shape index (κ1) is 12.7. The predicted octanol–water partition coefficient (Wildman–Crippen LogP) is 0.536. The molecule has 0 radical (unpaired) electrons. The molecule has 6 nitrogen and oxygen atoms in total. The Morgan fingerprint density at radius 2 is 2.15 bits per heavy atom. The molecule has 20 heavy (non-hydrogen) atoms. The number of benzene rings is 1. The Balaban J connectivity index is 1.93. The lowest BCUT2D eigenvalue weighted by Gasteiger charge is -2.18. The number of nitrogens with zero attached hydrogens (tertiary/aromatic N) is 3. The molecule has 0 spiro atoms. The van der Waals surface area contributed by atoms with Crippen LogP contribution < -0.4 is 9.79 Å². The van der Waals surface area contributed by atoms with Gasteiger partial charge in [0.05, 0.1) is 5.27 Å². The highest BCUT2D eigenvalue weighted by Gasteiger charge is 2.34. The molecule has 0 unspecified atom stereocenters. The highest BCUT2D eigenvalue weighted by molar-refractivity contribution is 5.73. The summed E-state index contributed by atoms with van der Waals surface area (Å²) in [6, 6.07) is 9.50. The number of hydrogen-bond donors (Lipinski definition) is 0. The summed E-state index contributed by atoms with van der Waals surface area (Å²) in [7, 11) is 0. The Kier molecular flexibility index (Phi) is 3.14. The lowest BCUT2D eigenvalue weighted by Crippen LogP contribution is -2.41. The Morgan fingerprint density at radius 3 is 2.75 bits per heavy atom. The quantitative estimate of drug-likeness (QED) is 0.762. The molecule has 1 aliphatic rings. The third kappa shape index (κ3) is 2.36. The van der Waals surface area contributed by atoms with Crippen LogP contribution in [0.5, 0.6) is 5.95 Å². The van der Waals surface area contributed by atoms with Gasteiger partial charge in [0.1, 0.15) is 6.54 Å². The lowest BCUT2D eigenvalue weighted by molar-refractivity contribution is -0.678. The van der Waals surface area contributed by atoms with E-state index in [1.54, 1.807) is 4.90 Å². The van der Waals surface area contributed by atoms with Crippen LogP contribution in [0.3, 0.4) is 0 Å². The zero-order valence-corrected chi connectivity index (χ0v) is 11.2. The number of hydrogen-bond acceptors (Lipinski definition) is 4. The van der Waals surface area contributed by atoms with E-state index in [-0.39, 0.29) is 18.5 Å². The van der Waals surface area contributed by atoms with E-state index >= 15 is 0 Å². The largest absolute Gasteiger partial charge is 0.539 e. The Morgan fingerprint density at radius 1 is 1.45 bits per heavy atom. The van der Waals surface area contributed by atoms with Gasteiger partial charge < -0.3 is 14.5 Å². The van der Waals surface area contributed by atoms with Crippen molar-refractivity contribution in [2.45, 2.75) is 32.4 Å². The predicted molar refractivity (Wildman–Crippen MR) is 66.7 cm³/mol. The first-order valence-electron chi connectivity index (χ1n) is 6.57. The molecule has 6 heteroatoms. The van der Waals surface area contributed by atoms with Crippen molar-refractivity contribution in [2.24, 2.45) is 0 Å². The summed E-state index contributed by atoms with van der Waals surface area (Å²) in [6.07, 6.45) is 1.98. The maximum atomic E-state index is 11.8. The average molecular weight is 273 g/mol. The summed E-state index contributed by atoms with van der Waals surface area (Å²) >= 11 is 0. The second-order valence-corrected chi connectivity index (χ2v) is 4.93. The van der Waals surface area contributed by atoms with E-state index in [4.69, 9.17) is 4.52 Å². The van der Waals surface area contributed by atoms with E-state index in [0.717, 1.165) is 18.5 Å². The van der Waals surface area contributed by atoms with Crippen molar-refractivity contribution < 1.29 is 19.1 Å². The molecule has 0 atom stereocenters. The zero-order valence-electron chi connectivity index (χ0n) is 11.2. The van der Waals surface area contributed by atoms with Crippen LogP contribution >= 0.6 is 0 Å². The molecule has 1 aliphatic carbocycles.